The van der Waals surface area contributed by atoms with Crippen molar-refractivity contribution in [3.05, 3.63) is 59.1 Å². The van der Waals surface area contributed by atoms with E-state index in [9.17, 15) is 16.8 Å². The van der Waals surface area contributed by atoms with E-state index in [-0.39, 0.29) is 16.4 Å². The fourth-order valence-corrected chi connectivity index (χ4v) is 9.34. The Morgan fingerprint density at radius 3 is 2.27 bits per heavy atom. The summed E-state index contributed by atoms with van der Waals surface area (Å²) in [5.74, 6) is -0.428. The van der Waals surface area contributed by atoms with E-state index in [0.717, 1.165) is 11.3 Å². The summed E-state index contributed by atoms with van der Waals surface area (Å²) in [5.41, 5.74) is 1.98. The molecule has 4 rings (SSSR count). The van der Waals surface area contributed by atoms with Gasteiger partial charge in [-0.25, -0.2) is 16.8 Å². The van der Waals surface area contributed by atoms with Crippen LogP contribution in [-0.4, -0.2) is 70.7 Å². The van der Waals surface area contributed by atoms with E-state index in [2.05, 4.69) is 4.90 Å². The molecule has 162 valence electrons. The predicted octanol–water partition coefficient (Wildman–Crippen LogP) is 2.41. The third-order valence-corrected chi connectivity index (χ3v) is 10.3. The van der Waals surface area contributed by atoms with E-state index in [0.29, 0.717) is 31.2 Å². The van der Waals surface area contributed by atoms with E-state index in [4.69, 9.17) is 11.6 Å². The Bertz CT molecular complexity index is 1130. The molecule has 2 aliphatic rings. The molecule has 0 saturated carbocycles. The van der Waals surface area contributed by atoms with Crippen molar-refractivity contribution in [2.75, 3.05) is 42.6 Å². The molecular weight excluding hydrogens is 444 g/mol. The second-order valence-corrected chi connectivity index (χ2v) is 12.8. The van der Waals surface area contributed by atoms with Gasteiger partial charge in [-0.05, 0) is 37.3 Å². The molecule has 2 fully saturated rings. The van der Waals surface area contributed by atoms with Gasteiger partial charge in [-0.15, -0.1) is 0 Å². The lowest BCUT2D eigenvalue weighted by atomic mass is 10.1. The summed E-state index contributed by atoms with van der Waals surface area (Å²) in [4.78, 5) is 4.41. The van der Waals surface area contributed by atoms with Crippen LogP contribution in [0.3, 0.4) is 0 Å². The third kappa shape index (κ3) is 4.37. The molecule has 2 aromatic rings. The smallest absolute Gasteiger partial charge is 0.183 e. The van der Waals surface area contributed by atoms with Crippen LogP contribution in [0.5, 0.6) is 0 Å². The topological polar surface area (TPSA) is 74.8 Å². The number of nitrogens with zero attached hydrogens (tertiary/aromatic N) is 2. The van der Waals surface area contributed by atoms with Gasteiger partial charge >= 0.3 is 0 Å². The van der Waals surface area contributed by atoms with Crippen LogP contribution in [0.1, 0.15) is 5.56 Å². The Morgan fingerprint density at radius 1 is 0.967 bits per heavy atom. The zero-order valence-corrected chi connectivity index (χ0v) is 19.1. The first kappa shape index (κ1) is 21.6. The van der Waals surface area contributed by atoms with E-state index in [1.807, 2.05) is 36.1 Å². The second-order valence-electron chi connectivity index (χ2n) is 8.04. The Kier molecular flexibility index (Phi) is 5.87. The maximum absolute atomic E-state index is 13.3. The number of sulfone groups is 2. The first-order chi connectivity index (χ1) is 14.2. The maximum atomic E-state index is 13.3. The summed E-state index contributed by atoms with van der Waals surface area (Å²) in [7, 11) is -7.16. The van der Waals surface area contributed by atoms with Crippen molar-refractivity contribution < 1.29 is 16.8 Å². The number of anilines is 1. The van der Waals surface area contributed by atoms with Gasteiger partial charge in [0.2, 0.25) is 0 Å². The van der Waals surface area contributed by atoms with Crippen molar-refractivity contribution in [2.45, 2.75) is 23.1 Å². The molecular formula is C21H25ClN2O4S2. The summed E-state index contributed by atoms with van der Waals surface area (Å²) >= 11 is 6.09. The number of rotatable bonds is 4. The molecule has 2 heterocycles. The average molecular weight is 469 g/mol. The van der Waals surface area contributed by atoms with Gasteiger partial charge in [-0.3, -0.25) is 4.90 Å². The van der Waals surface area contributed by atoms with E-state index < -0.39 is 31.0 Å². The van der Waals surface area contributed by atoms with Crippen molar-refractivity contribution in [1.29, 1.82) is 0 Å². The van der Waals surface area contributed by atoms with Crippen LogP contribution in [0, 0.1) is 6.92 Å². The van der Waals surface area contributed by atoms with Crippen molar-refractivity contribution in [3.63, 3.8) is 0 Å². The summed E-state index contributed by atoms with van der Waals surface area (Å²) in [5, 5.41) is -0.274. The lowest BCUT2D eigenvalue weighted by Crippen LogP contribution is -2.55. The van der Waals surface area contributed by atoms with Crippen LogP contribution < -0.4 is 4.90 Å². The number of hydrogen-bond donors (Lipinski definition) is 0. The summed E-state index contributed by atoms with van der Waals surface area (Å²) < 4.78 is 51.5. The van der Waals surface area contributed by atoms with Crippen LogP contribution in [0.15, 0.2) is 53.4 Å². The predicted molar refractivity (Wildman–Crippen MR) is 120 cm³/mol. The van der Waals surface area contributed by atoms with Gasteiger partial charge in [0.05, 0.1) is 21.7 Å². The highest BCUT2D eigenvalue weighted by atomic mass is 35.5. The van der Waals surface area contributed by atoms with Gasteiger partial charge in [0.1, 0.15) is 0 Å². The molecule has 0 unspecified atom stereocenters. The Morgan fingerprint density at radius 2 is 1.63 bits per heavy atom. The lowest BCUT2D eigenvalue weighted by molar-refractivity contribution is 0.201. The Labute approximate surface area is 183 Å². The van der Waals surface area contributed by atoms with Gasteiger partial charge in [-0.1, -0.05) is 35.4 Å². The minimum absolute atomic E-state index is 0.111. The summed E-state index contributed by atoms with van der Waals surface area (Å²) in [6, 6.07) is 13.7. The molecule has 0 radical (unpaired) electrons. The van der Waals surface area contributed by atoms with Crippen LogP contribution in [0.2, 0.25) is 5.02 Å². The minimum Gasteiger partial charge on any atom is -0.369 e. The van der Waals surface area contributed by atoms with Crippen molar-refractivity contribution in [3.8, 4) is 0 Å². The quantitative estimate of drug-likeness (QED) is 0.686. The molecule has 30 heavy (non-hydrogen) atoms. The molecule has 0 N–H and O–H groups in total. The fourth-order valence-electron chi connectivity index (χ4n) is 4.32. The van der Waals surface area contributed by atoms with Crippen molar-refractivity contribution in [2.24, 2.45) is 0 Å². The lowest BCUT2D eigenvalue weighted by Gasteiger charge is -2.40. The van der Waals surface area contributed by atoms with Crippen LogP contribution in [-0.2, 0) is 19.7 Å². The van der Waals surface area contributed by atoms with E-state index >= 15 is 0 Å². The fraction of sp³-hybridized carbons (Fsp3) is 0.429. The number of aryl methyl sites for hydroxylation is 1. The van der Waals surface area contributed by atoms with Crippen LogP contribution in [0.4, 0.5) is 5.69 Å². The van der Waals surface area contributed by atoms with Crippen molar-refractivity contribution in [1.82, 2.24) is 4.90 Å². The SMILES string of the molecule is Cc1ccc(S(=O)(=O)[C@@H]2CS(=O)(=O)C[C@H]2N2CCN(c3cccc(Cl)c3)CC2)cc1. The Hall–Kier alpha value is -1.61. The Balaban J connectivity index is 1.54. The van der Waals surface area contributed by atoms with Gasteiger partial charge in [-0.2, -0.15) is 0 Å². The number of piperazine rings is 1. The third-order valence-electron chi connectivity index (χ3n) is 5.98. The number of hydrogen-bond acceptors (Lipinski definition) is 6. The molecule has 2 aromatic carbocycles. The van der Waals surface area contributed by atoms with Gasteiger partial charge in [0.15, 0.2) is 19.7 Å². The zero-order chi connectivity index (χ0) is 21.5. The summed E-state index contributed by atoms with van der Waals surface area (Å²) in [6.07, 6.45) is 0. The molecule has 0 aliphatic carbocycles. The van der Waals surface area contributed by atoms with E-state index in [1.54, 1.807) is 24.3 Å². The molecule has 0 amide bonds. The highest BCUT2D eigenvalue weighted by molar-refractivity contribution is 7.96. The highest BCUT2D eigenvalue weighted by Gasteiger charge is 2.48. The maximum Gasteiger partial charge on any atom is 0.183 e. The zero-order valence-electron chi connectivity index (χ0n) is 16.7. The monoisotopic (exact) mass is 468 g/mol. The normalized spacial score (nSPS) is 24.8. The van der Waals surface area contributed by atoms with Crippen molar-refractivity contribution >= 4 is 37.0 Å². The number of benzene rings is 2. The molecule has 6 nitrogen and oxygen atoms in total. The standard InChI is InChI=1S/C21H25ClN2O4S2/c1-16-5-7-19(8-6-16)30(27,28)21-15-29(25,26)14-20(21)24-11-9-23(10-12-24)18-4-2-3-17(22)13-18/h2-8,13,20-21H,9-12,14-15H2,1H3/t20-,21-/m1/s1. The largest absolute Gasteiger partial charge is 0.369 e. The second kappa shape index (κ2) is 8.15. The molecule has 2 saturated heterocycles. The molecule has 9 heteroatoms. The molecule has 2 aliphatic heterocycles. The average Bonchev–Trinajstić information content (AvgIpc) is 3.05. The number of halogens is 1. The van der Waals surface area contributed by atoms with Crippen LogP contribution >= 0.6 is 11.6 Å². The van der Waals surface area contributed by atoms with E-state index in [1.165, 1.54) is 0 Å². The first-order valence-corrected chi connectivity index (χ1v) is 13.7. The van der Waals surface area contributed by atoms with Gasteiger partial charge in [0.25, 0.3) is 0 Å². The van der Waals surface area contributed by atoms with Gasteiger partial charge in [0, 0.05) is 42.9 Å². The summed E-state index contributed by atoms with van der Waals surface area (Å²) in [6.45, 7) is 4.47. The first-order valence-electron chi connectivity index (χ1n) is 9.91. The molecule has 0 spiro atoms. The van der Waals surface area contributed by atoms with Crippen LogP contribution in [0.25, 0.3) is 0 Å². The highest BCUT2D eigenvalue weighted by Crippen LogP contribution is 2.30. The minimum atomic E-state index is -3.75. The van der Waals surface area contributed by atoms with Gasteiger partial charge < -0.3 is 4.90 Å². The molecule has 0 bridgehead atoms. The molecule has 0 aromatic heterocycles. The molecule has 2 atom stereocenters.